The Morgan fingerprint density at radius 3 is 1.07 bits per heavy atom. The first-order valence-electron chi connectivity index (χ1n) is 48.9. The van der Waals surface area contributed by atoms with Crippen molar-refractivity contribution in [2.24, 2.45) is 0 Å². The maximum Gasteiger partial charge on any atom is 0.160 e. The number of aromatic nitrogens is 12. The fraction of sp³-hybridized carbons (Fsp3) is 0.123. The highest BCUT2D eigenvalue weighted by molar-refractivity contribution is 5.89. The Morgan fingerprint density at radius 1 is 0.169 bits per heavy atom. The lowest BCUT2D eigenvalue weighted by atomic mass is 9.94. The van der Waals surface area contributed by atoms with Crippen LogP contribution < -0.4 is 0 Å². The fourth-order valence-corrected chi connectivity index (χ4v) is 21.4. The summed E-state index contributed by atoms with van der Waals surface area (Å²) < 4.78 is 0. The number of benzene rings is 13. The number of fused-ring (bicyclic) bond motifs is 24. The van der Waals surface area contributed by atoms with E-state index >= 15 is 0 Å². The predicted octanol–water partition coefficient (Wildman–Crippen LogP) is 29.6. The summed E-state index contributed by atoms with van der Waals surface area (Å²) in [7, 11) is 0. The van der Waals surface area contributed by atoms with Crippen molar-refractivity contribution in [1.82, 2.24) is 59.8 Å². The molecule has 29 rings (SSSR count). The minimum absolute atomic E-state index is 0.818. The van der Waals surface area contributed by atoms with Crippen LogP contribution in [0.15, 0.2) is 389 Å². The average molecular weight is 1830 g/mol. The Hall–Kier alpha value is -17.2. The average Bonchev–Trinajstić information content (AvgIpc) is 1.57. The summed E-state index contributed by atoms with van der Waals surface area (Å²) in [5.41, 5.74) is 61.5. The molecule has 0 N–H and O–H groups in total. The number of rotatable bonds is 5. The van der Waals surface area contributed by atoms with Crippen molar-refractivity contribution < 1.29 is 0 Å². The van der Waals surface area contributed by atoms with Crippen LogP contribution >= 0.6 is 0 Å². The lowest BCUT2D eigenvalue weighted by Crippen LogP contribution is -1.98. The summed E-state index contributed by atoms with van der Waals surface area (Å²) in [6, 6.07) is 122. The molecule has 0 radical (unpaired) electrons. The van der Waals surface area contributed by atoms with E-state index in [2.05, 4.69) is 418 Å². The minimum Gasteiger partial charge on any atom is -0.261 e. The molecule has 0 bridgehead atoms. The van der Waals surface area contributed by atoms with E-state index in [0.717, 1.165) is 120 Å². The molecule has 12 nitrogen and oxygen atoms in total. The van der Waals surface area contributed by atoms with Gasteiger partial charge < -0.3 is 0 Å². The second-order valence-electron chi connectivity index (χ2n) is 37.3. The van der Waals surface area contributed by atoms with E-state index in [1.54, 1.807) is 12.7 Å². The number of hydrogen-bond donors (Lipinski definition) is 0. The third kappa shape index (κ3) is 17.9. The molecule has 21 aromatic rings. The van der Waals surface area contributed by atoms with Crippen molar-refractivity contribution in [2.75, 3.05) is 0 Å². The maximum atomic E-state index is 4.81. The zero-order valence-electron chi connectivity index (χ0n) is 81.0. The van der Waals surface area contributed by atoms with Gasteiger partial charge in [-0.05, 0) is 230 Å². The summed E-state index contributed by atoms with van der Waals surface area (Å²) in [4.78, 5) is 53.3. The van der Waals surface area contributed by atoms with E-state index in [1.807, 2.05) is 69.1 Å². The largest absolute Gasteiger partial charge is 0.261 e. The summed E-state index contributed by atoms with van der Waals surface area (Å²) in [6.45, 7) is 16.6. The zero-order chi connectivity index (χ0) is 96.3. The van der Waals surface area contributed by atoms with Crippen LogP contribution in [-0.2, 0) is 51.4 Å². The lowest BCUT2D eigenvalue weighted by molar-refractivity contribution is 1.03. The van der Waals surface area contributed by atoms with Gasteiger partial charge in [0.25, 0.3) is 0 Å². The van der Waals surface area contributed by atoms with Crippen LogP contribution in [0.1, 0.15) is 135 Å². The van der Waals surface area contributed by atoms with Crippen molar-refractivity contribution in [1.29, 1.82) is 0 Å². The first kappa shape index (κ1) is 90.0. The standard InChI is InChI=1S/C25H19N.C19H15N.2C18H14N2.2C13H11N.2C12H10N2/c1-17-24-16-25-21(8-5-9-22(25)23(24)14-15-26-17)20-12-10-19(11-13-20)18-6-3-2-4-7-18;1-13-18-12-19-15(14-6-3-2-4-7-14)8-5-9-16(19)17(18)10-11-20-13;1-12-16-11-14-9-5-6-10-15(14)17(16)20-18(19-12)13-7-3-2-4-8-13;1-12-16-10-17-14(13-6-3-2-4-7-13)8-5-9-15(17)18(16)20-11-19-12;1-9-4-2-5-10-11-6-3-7-14-13(11)8-12(9)10;1-9-13-8-10-4-2-3-5-11(10)12(13)6-7-14-9;1-8-13-7-10-6-9-4-2-3-5-11(9)12(10)14-8;1-8-11-6-9-4-2-3-5-10(9)12(11)14-7-13-8/h2-15H,16H2,1H3;2-11H,12H2,1H3;2-10H,11H2,1H3;2-9,11H,10H2,1H3;2*2-7H,8H2,1H3;2*2-5,7H,6H2,1H3. The number of hydrogen-bond acceptors (Lipinski definition) is 12. The van der Waals surface area contributed by atoms with Gasteiger partial charge in [0.1, 0.15) is 18.5 Å². The van der Waals surface area contributed by atoms with Gasteiger partial charge in [-0.2, -0.15) is 0 Å². The fourth-order valence-electron chi connectivity index (χ4n) is 21.4. The number of pyridine rings is 4. The second kappa shape index (κ2) is 39.7. The molecule has 0 atom stereocenters. The van der Waals surface area contributed by atoms with Crippen molar-refractivity contribution in [3.05, 3.63) is 524 Å². The monoisotopic (exact) mass is 1830 g/mol. The molecule has 13 aromatic carbocycles. The number of aryl methyl sites for hydroxylation is 8. The van der Waals surface area contributed by atoms with Crippen LogP contribution in [-0.4, -0.2) is 59.8 Å². The Labute approximate surface area is 830 Å². The first-order chi connectivity index (χ1) is 69.7. The van der Waals surface area contributed by atoms with Gasteiger partial charge >= 0.3 is 0 Å². The van der Waals surface area contributed by atoms with Gasteiger partial charge in [0, 0.05) is 172 Å². The van der Waals surface area contributed by atoms with Gasteiger partial charge in [-0.25, -0.2) is 39.9 Å². The summed E-state index contributed by atoms with van der Waals surface area (Å²) in [6.07, 6.45) is 20.7. The van der Waals surface area contributed by atoms with E-state index in [4.69, 9.17) is 4.98 Å². The molecule has 8 aliphatic carbocycles. The molecule has 8 aliphatic rings. The Bertz CT molecular complexity index is 7990. The molecule has 0 saturated carbocycles. The predicted molar refractivity (Wildman–Crippen MR) is 576 cm³/mol. The summed E-state index contributed by atoms with van der Waals surface area (Å²) in [5.74, 6) is 1.67. The molecular weight excluding hydrogens is 1730 g/mol. The van der Waals surface area contributed by atoms with Gasteiger partial charge in [-0.15, -0.1) is 0 Å². The van der Waals surface area contributed by atoms with Gasteiger partial charge in [0.05, 0.1) is 28.5 Å². The third-order valence-corrected chi connectivity index (χ3v) is 28.8. The molecule has 0 amide bonds. The normalized spacial score (nSPS) is 12.1. The van der Waals surface area contributed by atoms with Gasteiger partial charge in [-0.3, -0.25) is 19.9 Å². The molecule has 8 aromatic heterocycles. The Kier molecular flexibility index (Phi) is 25.2. The molecule has 142 heavy (non-hydrogen) atoms. The van der Waals surface area contributed by atoms with E-state index in [1.165, 1.54) is 212 Å². The molecular formula is C130H104N12. The summed E-state index contributed by atoms with van der Waals surface area (Å²) >= 11 is 0. The van der Waals surface area contributed by atoms with Gasteiger partial charge in [-0.1, -0.05) is 322 Å². The quantitative estimate of drug-likeness (QED) is 0.161. The van der Waals surface area contributed by atoms with E-state index in [9.17, 15) is 0 Å². The van der Waals surface area contributed by atoms with Crippen molar-refractivity contribution in [3.8, 4) is 145 Å². The molecule has 0 fully saturated rings. The van der Waals surface area contributed by atoms with Crippen LogP contribution in [0.3, 0.4) is 0 Å². The molecule has 0 saturated heterocycles. The van der Waals surface area contributed by atoms with Crippen molar-refractivity contribution in [2.45, 2.75) is 107 Å². The molecule has 0 spiro atoms. The topological polar surface area (TPSA) is 155 Å². The highest BCUT2D eigenvalue weighted by atomic mass is 14.9. The second-order valence-corrected chi connectivity index (χ2v) is 37.3. The first-order valence-corrected chi connectivity index (χ1v) is 48.9. The molecule has 8 heterocycles. The SMILES string of the molecule is Cc1cccc2c1Cc1ncccc1-2.Cc1nc(-c2ccccc2)nc2c1Cc1ccccc1-2.Cc1ncc2c(n1)-c1ccccc1C2.Cc1nccc2c1Cc1c(-c3ccc(-c4ccccc4)cc3)cccc1-2.Cc1nccc2c1Cc1c(-c3ccccc3)cccc1-2.Cc1nccc2c1Cc1ccccc1-2.Cc1ncnc2c1Cc1c(-c3ccccc3)cccc1-2.Cc1ncnc2c1Cc1ccccc1-2. The highest BCUT2D eigenvalue weighted by Gasteiger charge is 2.31. The molecule has 684 valence electrons. The van der Waals surface area contributed by atoms with Crippen molar-refractivity contribution >= 4 is 0 Å². The van der Waals surface area contributed by atoms with E-state index in [0.29, 0.717) is 0 Å². The van der Waals surface area contributed by atoms with Crippen molar-refractivity contribution in [3.63, 3.8) is 0 Å². The van der Waals surface area contributed by atoms with E-state index < -0.39 is 0 Å². The zero-order valence-corrected chi connectivity index (χ0v) is 81.0. The molecule has 12 heteroatoms. The Balaban J connectivity index is 0.0000000938. The van der Waals surface area contributed by atoms with Gasteiger partial charge in [0.15, 0.2) is 5.82 Å². The maximum absolute atomic E-state index is 4.81. The van der Waals surface area contributed by atoms with Crippen LogP contribution in [0.5, 0.6) is 0 Å². The van der Waals surface area contributed by atoms with E-state index in [-0.39, 0.29) is 0 Å². The van der Waals surface area contributed by atoms with Crippen LogP contribution in [0.2, 0.25) is 0 Å². The molecule has 0 unspecified atom stereocenters. The third-order valence-electron chi connectivity index (χ3n) is 28.8. The number of nitrogens with zero attached hydrogens (tertiary/aromatic N) is 12. The van der Waals surface area contributed by atoms with Crippen LogP contribution in [0.25, 0.3) is 145 Å². The van der Waals surface area contributed by atoms with Crippen LogP contribution in [0, 0.1) is 55.4 Å². The highest BCUT2D eigenvalue weighted by Crippen LogP contribution is 2.48. The van der Waals surface area contributed by atoms with Gasteiger partial charge in [0.2, 0.25) is 0 Å². The Morgan fingerprint density at radius 2 is 0.521 bits per heavy atom. The van der Waals surface area contributed by atoms with Crippen LogP contribution in [0.4, 0.5) is 0 Å². The lowest BCUT2D eigenvalue weighted by Gasteiger charge is -2.10. The molecule has 0 aliphatic heterocycles. The smallest absolute Gasteiger partial charge is 0.160 e. The minimum atomic E-state index is 0.818. The summed E-state index contributed by atoms with van der Waals surface area (Å²) in [5, 5.41) is 0.